The molecule has 2 aromatic rings. The fourth-order valence-electron chi connectivity index (χ4n) is 4.39. The number of hydrogen-bond acceptors (Lipinski definition) is 4. The van der Waals surface area contributed by atoms with Gasteiger partial charge in [0.1, 0.15) is 12.4 Å². The van der Waals surface area contributed by atoms with Crippen LogP contribution in [-0.4, -0.2) is 50.8 Å². The first-order valence-electron chi connectivity index (χ1n) is 11.0. The maximum absolute atomic E-state index is 4.81. The fraction of sp³-hybridized carbons (Fsp3) is 0.591. The lowest BCUT2D eigenvalue weighted by Gasteiger charge is -2.21. The Balaban J connectivity index is 0.00000256. The molecule has 7 nitrogen and oxygen atoms in total. The highest BCUT2D eigenvalue weighted by Gasteiger charge is 2.29. The van der Waals surface area contributed by atoms with Gasteiger partial charge in [0, 0.05) is 44.7 Å². The van der Waals surface area contributed by atoms with Gasteiger partial charge >= 0.3 is 0 Å². The molecule has 0 amide bonds. The van der Waals surface area contributed by atoms with Crippen molar-refractivity contribution in [1.82, 2.24) is 30.3 Å². The van der Waals surface area contributed by atoms with E-state index in [1.54, 1.807) is 0 Å². The molecule has 2 unspecified atom stereocenters. The van der Waals surface area contributed by atoms with Gasteiger partial charge in [-0.25, -0.2) is 4.99 Å². The Morgan fingerprint density at radius 3 is 2.83 bits per heavy atom. The van der Waals surface area contributed by atoms with Crippen LogP contribution in [-0.2, 0) is 26.1 Å². The second kappa shape index (κ2) is 11.1. The van der Waals surface area contributed by atoms with Gasteiger partial charge in [-0.1, -0.05) is 30.3 Å². The summed E-state index contributed by atoms with van der Waals surface area (Å²) < 4.78 is 2.25. The molecule has 2 N–H and O–H groups in total. The molecular weight excluding hydrogens is 489 g/mol. The third-order valence-corrected chi connectivity index (χ3v) is 5.93. The van der Waals surface area contributed by atoms with Crippen molar-refractivity contribution in [2.45, 2.75) is 71.2 Å². The first kappa shape index (κ1) is 23.0. The van der Waals surface area contributed by atoms with Crippen LogP contribution in [0.25, 0.3) is 0 Å². The fourth-order valence-corrected chi connectivity index (χ4v) is 4.39. The lowest BCUT2D eigenvalue weighted by Crippen LogP contribution is -2.44. The molecule has 2 atom stereocenters. The van der Waals surface area contributed by atoms with Crippen molar-refractivity contribution in [3.8, 4) is 0 Å². The highest BCUT2D eigenvalue weighted by atomic mass is 127. The van der Waals surface area contributed by atoms with Crippen LogP contribution in [0.1, 0.15) is 50.3 Å². The molecule has 8 heteroatoms. The number of nitrogens with zero attached hydrogens (tertiary/aromatic N) is 5. The van der Waals surface area contributed by atoms with Crippen LogP contribution in [0, 0.1) is 0 Å². The van der Waals surface area contributed by atoms with Crippen LogP contribution in [0.3, 0.4) is 0 Å². The molecule has 4 rings (SSSR count). The Morgan fingerprint density at radius 2 is 2.03 bits per heavy atom. The summed E-state index contributed by atoms with van der Waals surface area (Å²) in [5, 5.41) is 15.8. The van der Waals surface area contributed by atoms with Crippen LogP contribution in [0.2, 0.25) is 0 Å². The number of nitrogens with one attached hydrogen (secondary N) is 2. The molecule has 1 aromatic heterocycles. The number of aryl methyl sites for hydroxylation is 1. The number of halogens is 1. The van der Waals surface area contributed by atoms with E-state index in [9.17, 15) is 0 Å². The Kier molecular flexibility index (Phi) is 8.50. The average molecular weight is 523 g/mol. The molecule has 1 fully saturated rings. The summed E-state index contributed by atoms with van der Waals surface area (Å²) in [6.07, 6.45) is 4.58. The number of benzene rings is 1. The predicted octanol–water partition coefficient (Wildman–Crippen LogP) is 2.95. The summed E-state index contributed by atoms with van der Waals surface area (Å²) in [6.45, 7) is 8.89. The molecular formula is C22H34IN7. The molecule has 2 aliphatic rings. The number of guanidine groups is 1. The quantitative estimate of drug-likeness (QED) is 0.346. The van der Waals surface area contributed by atoms with Gasteiger partial charge < -0.3 is 15.2 Å². The summed E-state index contributed by atoms with van der Waals surface area (Å²) in [7, 11) is 0. The zero-order valence-electron chi connectivity index (χ0n) is 18.0. The largest absolute Gasteiger partial charge is 0.357 e. The van der Waals surface area contributed by atoms with E-state index in [0.29, 0.717) is 18.6 Å². The van der Waals surface area contributed by atoms with E-state index < -0.39 is 0 Å². The summed E-state index contributed by atoms with van der Waals surface area (Å²) >= 11 is 0. The second-order valence-electron chi connectivity index (χ2n) is 8.18. The number of rotatable bonds is 6. The number of hydrogen-bond donors (Lipinski definition) is 2. The van der Waals surface area contributed by atoms with Crippen LogP contribution in [0.15, 0.2) is 35.3 Å². The molecule has 1 aromatic carbocycles. The van der Waals surface area contributed by atoms with Crippen LogP contribution >= 0.6 is 24.0 Å². The lowest BCUT2D eigenvalue weighted by molar-refractivity contribution is 0.258. The van der Waals surface area contributed by atoms with E-state index in [4.69, 9.17) is 4.99 Å². The van der Waals surface area contributed by atoms with E-state index >= 15 is 0 Å². The van der Waals surface area contributed by atoms with E-state index in [0.717, 1.165) is 56.6 Å². The normalized spacial score (nSPS) is 21.7. The second-order valence-corrected chi connectivity index (χ2v) is 8.18. The van der Waals surface area contributed by atoms with E-state index in [2.05, 4.69) is 74.5 Å². The molecule has 0 bridgehead atoms. The zero-order valence-corrected chi connectivity index (χ0v) is 20.4. The van der Waals surface area contributed by atoms with Gasteiger partial charge in [-0.3, -0.25) is 4.90 Å². The van der Waals surface area contributed by atoms with Crippen molar-refractivity contribution in [3.63, 3.8) is 0 Å². The Labute approximate surface area is 196 Å². The monoisotopic (exact) mass is 523 g/mol. The first-order chi connectivity index (χ1) is 14.2. The molecule has 2 aliphatic heterocycles. The minimum atomic E-state index is 0. The van der Waals surface area contributed by atoms with Gasteiger partial charge in [-0.15, -0.1) is 34.2 Å². The number of fused-ring (bicyclic) bond motifs is 1. The minimum absolute atomic E-state index is 0. The van der Waals surface area contributed by atoms with E-state index in [-0.39, 0.29) is 24.0 Å². The molecule has 0 spiro atoms. The third-order valence-electron chi connectivity index (χ3n) is 5.93. The van der Waals surface area contributed by atoms with Crippen LogP contribution in [0.5, 0.6) is 0 Å². The summed E-state index contributed by atoms with van der Waals surface area (Å²) in [5.41, 5.74) is 1.37. The van der Waals surface area contributed by atoms with Crippen LogP contribution < -0.4 is 10.6 Å². The molecule has 30 heavy (non-hydrogen) atoms. The number of likely N-dealkylation sites (tertiary alicyclic amines) is 1. The van der Waals surface area contributed by atoms with Gasteiger partial charge in [0.2, 0.25) is 0 Å². The minimum Gasteiger partial charge on any atom is -0.357 e. The maximum Gasteiger partial charge on any atom is 0.191 e. The van der Waals surface area contributed by atoms with Crippen molar-refractivity contribution >= 4 is 29.9 Å². The first-order valence-corrected chi connectivity index (χ1v) is 11.0. The molecule has 164 valence electrons. The van der Waals surface area contributed by atoms with Gasteiger partial charge in [-0.05, 0) is 38.7 Å². The van der Waals surface area contributed by atoms with Crippen molar-refractivity contribution < 1.29 is 0 Å². The molecule has 0 saturated carbocycles. The molecule has 3 heterocycles. The maximum atomic E-state index is 4.81. The topological polar surface area (TPSA) is 70.4 Å². The Morgan fingerprint density at radius 1 is 1.20 bits per heavy atom. The van der Waals surface area contributed by atoms with Crippen molar-refractivity contribution in [1.29, 1.82) is 0 Å². The predicted molar refractivity (Wildman–Crippen MR) is 131 cm³/mol. The van der Waals surface area contributed by atoms with Crippen molar-refractivity contribution in [3.05, 3.63) is 47.5 Å². The van der Waals surface area contributed by atoms with Gasteiger partial charge in [0.25, 0.3) is 0 Å². The lowest BCUT2D eigenvalue weighted by atomic mass is 10.2. The van der Waals surface area contributed by atoms with E-state index in [1.165, 1.54) is 18.4 Å². The van der Waals surface area contributed by atoms with Gasteiger partial charge in [0.05, 0.1) is 0 Å². The molecule has 1 saturated heterocycles. The summed E-state index contributed by atoms with van der Waals surface area (Å²) in [6, 6.07) is 11.7. The van der Waals surface area contributed by atoms with E-state index in [1.807, 2.05) is 0 Å². The van der Waals surface area contributed by atoms with Crippen LogP contribution in [0.4, 0.5) is 0 Å². The van der Waals surface area contributed by atoms with Crippen molar-refractivity contribution in [2.75, 3.05) is 13.1 Å². The Hall–Kier alpha value is -1.68. The highest BCUT2D eigenvalue weighted by molar-refractivity contribution is 14.0. The smallest absolute Gasteiger partial charge is 0.191 e. The SMILES string of the molecule is CCNC(=NCc1nnc2n1CCCC2)NC1CC(C)N(Cc2ccccc2)C1.I. The molecule has 0 radical (unpaired) electrons. The number of aromatic nitrogens is 3. The van der Waals surface area contributed by atoms with Gasteiger partial charge in [0.15, 0.2) is 11.8 Å². The third kappa shape index (κ3) is 5.72. The van der Waals surface area contributed by atoms with Gasteiger partial charge in [-0.2, -0.15) is 0 Å². The summed E-state index contributed by atoms with van der Waals surface area (Å²) in [5.74, 6) is 2.96. The highest BCUT2D eigenvalue weighted by Crippen LogP contribution is 2.20. The van der Waals surface area contributed by atoms with Crippen molar-refractivity contribution in [2.24, 2.45) is 4.99 Å². The number of aliphatic imine (C=N–C) groups is 1. The Bertz CT molecular complexity index is 820. The zero-order chi connectivity index (χ0) is 20.1. The summed E-state index contributed by atoms with van der Waals surface area (Å²) in [4.78, 5) is 7.36. The standard InChI is InChI=1S/C22H33N7.HI/c1-3-23-22(24-14-21-27-26-20-11-7-8-12-29(20)21)25-19-13-17(2)28(16-19)15-18-9-5-4-6-10-18;/h4-6,9-10,17,19H,3,7-8,11-16H2,1-2H3,(H2,23,24,25);1H. The average Bonchev–Trinajstić information content (AvgIpc) is 3.30. The molecule has 0 aliphatic carbocycles.